The maximum absolute atomic E-state index is 6.13. The molecule has 0 spiro atoms. The topological polar surface area (TPSA) is 26.0 Å². The van der Waals surface area contributed by atoms with Crippen LogP contribution in [0.1, 0.15) is 0 Å². The third-order valence-electron chi connectivity index (χ3n) is 13.2. The van der Waals surface area contributed by atoms with Gasteiger partial charge < -0.3 is 4.42 Å². The SMILES string of the molecule is c1ccc2c(c1)oc1ccc(-c3ccc(-c4nc5c(-c6ccc(-c7cccc8c7sc7ccccc78)cc6)ccc(-c6ccc(-c7cccc8c7sc7ccccc78)cc6)c5s4)cc3)cc12. The molecule has 0 aliphatic carbocycles. The smallest absolute Gasteiger partial charge is 0.135 e. The predicted molar refractivity (Wildman–Crippen MR) is 285 cm³/mol. The van der Waals surface area contributed by atoms with E-state index in [-0.39, 0.29) is 0 Å². The van der Waals surface area contributed by atoms with Gasteiger partial charge in [-0.2, -0.15) is 0 Å². The number of hydrogen-bond donors (Lipinski definition) is 0. The minimum Gasteiger partial charge on any atom is -0.456 e. The summed E-state index contributed by atoms with van der Waals surface area (Å²) in [6, 6.07) is 77.3. The summed E-state index contributed by atoms with van der Waals surface area (Å²) in [4.78, 5) is 5.49. The van der Waals surface area contributed by atoms with E-state index in [9.17, 15) is 0 Å². The van der Waals surface area contributed by atoms with Gasteiger partial charge in [-0.1, -0.05) is 182 Å². The zero-order valence-corrected chi connectivity index (χ0v) is 37.7. The number of hydrogen-bond acceptors (Lipinski definition) is 5. The number of thiophene rings is 2. The van der Waals surface area contributed by atoms with E-state index in [4.69, 9.17) is 9.40 Å². The number of nitrogens with zero attached hydrogens (tertiary/aromatic N) is 1. The summed E-state index contributed by atoms with van der Waals surface area (Å²) >= 11 is 5.53. The molecule has 0 fully saturated rings. The normalized spacial score (nSPS) is 11.9. The molecule has 0 N–H and O–H groups in total. The minimum atomic E-state index is 0.907. The number of para-hydroxylation sites is 1. The second-order valence-corrected chi connectivity index (χ2v) is 20.1. The summed E-state index contributed by atoms with van der Waals surface area (Å²) in [7, 11) is 0. The van der Waals surface area contributed by atoms with Gasteiger partial charge >= 0.3 is 0 Å². The third kappa shape index (κ3) is 6.01. The average Bonchev–Trinajstić information content (AvgIpc) is 4.18. The molecular weight excluding hydrogens is 859 g/mol. The Morgan fingerprint density at radius 3 is 1.36 bits per heavy atom. The van der Waals surface area contributed by atoms with Crippen LogP contribution in [0.4, 0.5) is 0 Å². The van der Waals surface area contributed by atoms with Crippen molar-refractivity contribution in [2.24, 2.45) is 0 Å². The highest BCUT2D eigenvalue weighted by Crippen LogP contribution is 2.45. The third-order valence-corrected chi connectivity index (χ3v) is 16.8. The zero-order chi connectivity index (χ0) is 43.3. The van der Waals surface area contributed by atoms with Crippen LogP contribution in [0.5, 0.6) is 0 Å². The van der Waals surface area contributed by atoms with Gasteiger partial charge in [0.2, 0.25) is 0 Å². The molecule has 5 heteroatoms. The van der Waals surface area contributed by atoms with Gasteiger partial charge in [-0.3, -0.25) is 0 Å². The Kier molecular flexibility index (Phi) is 8.53. The first-order chi connectivity index (χ1) is 32.7. The Bertz CT molecular complexity index is 4010. The van der Waals surface area contributed by atoms with Gasteiger partial charge in [-0.05, 0) is 74.8 Å². The molecule has 2 nitrogen and oxygen atoms in total. The van der Waals surface area contributed by atoms with Crippen molar-refractivity contribution in [1.29, 1.82) is 0 Å². The van der Waals surface area contributed by atoms with E-state index >= 15 is 0 Å². The van der Waals surface area contributed by atoms with E-state index in [1.807, 2.05) is 34.8 Å². The Labute approximate surface area is 391 Å². The molecule has 10 aromatic carbocycles. The lowest BCUT2D eigenvalue weighted by Gasteiger charge is -2.10. The first kappa shape index (κ1) is 37.7. The fourth-order valence-corrected chi connectivity index (χ4v) is 13.5. The van der Waals surface area contributed by atoms with Crippen molar-refractivity contribution < 1.29 is 4.42 Å². The molecule has 308 valence electrons. The van der Waals surface area contributed by atoms with E-state index in [0.29, 0.717) is 0 Å². The lowest BCUT2D eigenvalue weighted by Crippen LogP contribution is -1.86. The van der Waals surface area contributed by atoms with Crippen LogP contribution in [0.25, 0.3) is 139 Å². The summed E-state index contributed by atoms with van der Waals surface area (Å²) < 4.78 is 12.6. The fourth-order valence-electron chi connectivity index (χ4n) is 9.91. The van der Waals surface area contributed by atoms with E-state index in [1.54, 1.807) is 11.3 Å². The summed E-state index contributed by atoms with van der Waals surface area (Å²) in [6.45, 7) is 0. The molecule has 4 aromatic heterocycles. The zero-order valence-electron chi connectivity index (χ0n) is 35.3. The molecule has 4 heterocycles. The average molecular weight is 894 g/mol. The molecule has 0 atom stereocenters. The molecule has 0 unspecified atom stereocenters. The summed E-state index contributed by atoms with van der Waals surface area (Å²) in [5.41, 5.74) is 15.9. The van der Waals surface area contributed by atoms with E-state index < -0.39 is 0 Å². The van der Waals surface area contributed by atoms with Crippen LogP contribution in [0.3, 0.4) is 0 Å². The molecule has 0 amide bonds. The Morgan fingerprint density at radius 1 is 0.288 bits per heavy atom. The van der Waals surface area contributed by atoms with Gasteiger partial charge in [0.15, 0.2) is 0 Å². The highest BCUT2D eigenvalue weighted by Gasteiger charge is 2.19. The Hall–Kier alpha value is -7.67. The van der Waals surface area contributed by atoms with Crippen LogP contribution in [0, 0.1) is 0 Å². The minimum absolute atomic E-state index is 0.907. The van der Waals surface area contributed by atoms with Gasteiger partial charge in [-0.25, -0.2) is 4.98 Å². The van der Waals surface area contributed by atoms with E-state index in [1.165, 1.54) is 78.4 Å². The second-order valence-electron chi connectivity index (χ2n) is 17.0. The number of fused-ring (bicyclic) bond motifs is 10. The van der Waals surface area contributed by atoms with Crippen molar-refractivity contribution in [2.45, 2.75) is 0 Å². The van der Waals surface area contributed by atoms with Crippen LogP contribution in [0.15, 0.2) is 217 Å². The lowest BCUT2D eigenvalue weighted by molar-refractivity contribution is 0.669. The fraction of sp³-hybridized carbons (Fsp3) is 0. The van der Waals surface area contributed by atoms with E-state index in [0.717, 1.165) is 60.3 Å². The quantitative estimate of drug-likeness (QED) is 0.166. The largest absolute Gasteiger partial charge is 0.456 e. The van der Waals surface area contributed by atoms with Gasteiger partial charge in [0.1, 0.15) is 16.2 Å². The Morgan fingerprint density at radius 2 is 0.742 bits per heavy atom. The number of benzene rings is 10. The molecular formula is C61H35NOS3. The Balaban J connectivity index is 0.864. The maximum atomic E-state index is 6.13. The summed E-state index contributed by atoms with van der Waals surface area (Å²) in [5.74, 6) is 0. The van der Waals surface area contributed by atoms with Crippen LogP contribution in [-0.2, 0) is 0 Å². The lowest BCUT2D eigenvalue weighted by atomic mass is 9.95. The van der Waals surface area contributed by atoms with Crippen LogP contribution in [0.2, 0.25) is 0 Å². The second kappa shape index (κ2) is 14.9. The number of thiazole rings is 1. The highest BCUT2D eigenvalue weighted by atomic mass is 32.1. The van der Waals surface area contributed by atoms with Crippen LogP contribution < -0.4 is 0 Å². The van der Waals surface area contributed by atoms with Gasteiger partial charge in [0.25, 0.3) is 0 Å². The van der Waals surface area contributed by atoms with Gasteiger partial charge in [-0.15, -0.1) is 34.0 Å². The monoisotopic (exact) mass is 893 g/mol. The molecule has 66 heavy (non-hydrogen) atoms. The van der Waals surface area contributed by atoms with Crippen molar-refractivity contribution in [2.75, 3.05) is 0 Å². The maximum Gasteiger partial charge on any atom is 0.135 e. The molecule has 0 radical (unpaired) electrons. The summed E-state index contributed by atoms with van der Waals surface area (Å²) in [6.07, 6.45) is 0. The number of furan rings is 1. The van der Waals surface area contributed by atoms with Crippen molar-refractivity contribution in [3.63, 3.8) is 0 Å². The van der Waals surface area contributed by atoms with Crippen molar-refractivity contribution in [1.82, 2.24) is 4.98 Å². The molecule has 0 aliphatic heterocycles. The molecule has 0 bridgehead atoms. The molecule has 14 aromatic rings. The summed E-state index contributed by atoms with van der Waals surface area (Å²) in [5, 5.41) is 8.55. The van der Waals surface area contributed by atoms with Gasteiger partial charge in [0.05, 0.1) is 10.2 Å². The van der Waals surface area contributed by atoms with Crippen LogP contribution >= 0.6 is 34.0 Å². The van der Waals surface area contributed by atoms with Crippen molar-refractivity contribution in [3.8, 4) is 66.2 Å². The van der Waals surface area contributed by atoms with Crippen molar-refractivity contribution >= 4 is 107 Å². The molecule has 14 rings (SSSR count). The molecule has 0 aliphatic rings. The van der Waals surface area contributed by atoms with Crippen molar-refractivity contribution in [3.05, 3.63) is 212 Å². The standard InChI is InChI=1S/C61H35NOS3/c1-4-16-53-47(9-1)52-35-42(31-34-54(52)63-53)36-19-29-41(30-20-36)61-62-57-43(37-21-23-38(24-22-37)44-12-7-14-50-48-10-2-5-17-55(48)64-58(44)50)32-33-46(60(57)66-61)40-27-25-39(26-28-40)45-13-8-15-51-49-11-3-6-18-56(49)65-59(45)51/h1-35H. The predicted octanol–water partition coefficient (Wildman–Crippen LogP) is 18.9. The first-order valence-electron chi connectivity index (χ1n) is 22.2. The van der Waals surface area contributed by atoms with Gasteiger partial charge in [0, 0.05) is 67.8 Å². The molecule has 0 saturated heterocycles. The first-order valence-corrected chi connectivity index (χ1v) is 24.6. The molecule has 0 saturated carbocycles. The van der Waals surface area contributed by atoms with Crippen LogP contribution in [-0.4, -0.2) is 4.98 Å². The van der Waals surface area contributed by atoms with E-state index in [2.05, 4.69) is 200 Å². The highest BCUT2D eigenvalue weighted by molar-refractivity contribution is 7.26. The number of aromatic nitrogens is 1. The number of rotatable bonds is 6.